The molecule has 0 heterocycles. The van der Waals surface area contributed by atoms with E-state index in [1.54, 1.807) is 0 Å². The highest BCUT2D eigenvalue weighted by Crippen LogP contribution is 2.36. The molecule has 1 unspecified atom stereocenters. The summed E-state index contributed by atoms with van der Waals surface area (Å²) in [5, 5.41) is 2.27. The van der Waals surface area contributed by atoms with E-state index in [-0.39, 0.29) is 18.1 Å². The highest BCUT2D eigenvalue weighted by Gasteiger charge is 2.36. The van der Waals surface area contributed by atoms with Gasteiger partial charge in [0, 0.05) is 6.04 Å². The first-order valence-corrected chi connectivity index (χ1v) is 6.06. The van der Waals surface area contributed by atoms with Gasteiger partial charge in [0.05, 0.1) is 18.2 Å². The molecule has 1 amide bonds. The number of nitrogens with one attached hydrogen (secondary N) is 1. The van der Waals surface area contributed by atoms with E-state index in [2.05, 4.69) is 10.1 Å². The Morgan fingerprint density at radius 1 is 1.09 bits per heavy atom. The number of hydrogen-bond donors (Lipinski definition) is 1. The summed E-state index contributed by atoms with van der Waals surface area (Å²) in [5.41, 5.74) is -2.96. The van der Waals surface area contributed by atoms with Crippen molar-refractivity contribution in [3.8, 4) is 0 Å². The number of amides is 1. The number of ether oxygens (including phenoxy) is 1. The lowest BCUT2D eigenvalue weighted by Gasteiger charge is -2.17. The summed E-state index contributed by atoms with van der Waals surface area (Å²) < 4.78 is 80.4. The molecule has 0 radical (unpaired) electrons. The molecule has 3 nitrogen and oxygen atoms in total. The lowest BCUT2D eigenvalue weighted by Crippen LogP contribution is -2.34. The van der Waals surface area contributed by atoms with E-state index < -0.39 is 35.6 Å². The number of alkyl carbamates (subject to hydrolysis) is 1. The summed E-state index contributed by atoms with van der Waals surface area (Å²) in [6.45, 7) is 1.43. The van der Waals surface area contributed by atoms with E-state index in [0.29, 0.717) is 12.1 Å². The molecule has 1 aromatic carbocycles. The van der Waals surface area contributed by atoms with Crippen molar-refractivity contribution >= 4 is 6.09 Å². The van der Waals surface area contributed by atoms with Crippen LogP contribution in [-0.2, 0) is 23.5 Å². The molecule has 0 bridgehead atoms. The van der Waals surface area contributed by atoms with Crippen molar-refractivity contribution in [2.75, 3.05) is 7.11 Å². The quantitative estimate of drug-likeness (QED) is 0.851. The smallest absolute Gasteiger partial charge is 0.416 e. The Kier molecular flexibility index (Phi) is 5.31. The van der Waals surface area contributed by atoms with Crippen LogP contribution in [-0.4, -0.2) is 19.2 Å². The van der Waals surface area contributed by atoms with Crippen molar-refractivity contribution < 1.29 is 35.9 Å². The second kappa shape index (κ2) is 6.45. The van der Waals surface area contributed by atoms with E-state index in [1.165, 1.54) is 6.92 Å². The van der Waals surface area contributed by atoms with Gasteiger partial charge in [-0.3, -0.25) is 0 Å². The van der Waals surface area contributed by atoms with Gasteiger partial charge in [-0.15, -0.1) is 0 Å². The summed E-state index contributed by atoms with van der Waals surface area (Å²) in [4.78, 5) is 11.0. The van der Waals surface area contributed by atoms with Gasteiger partial charge in [-0.25, -0.2) is 4.79 Å². The van der Waals surface area contributed by atoms with Gasteiger partial charge in [0.1, 0.15) is 0 Å². The van der Waals surface area contributed by atoms with Gasteiger partial charge < -0.3 is 10.1 Å². The van der Waals surface area contributed by atoms with Crippen LogP contribution in [0.4, 0.5) is 31.1 Å². The number of carbonyl (C=O) groups excluding carboxylic acids is 1. The van der Waals surface area contributed by atoms with Crippen molar-refractivity contribution in [1.29, 1.82) is 0 Å². The second-order valence-electron chi connectivity index (χ2n) is 4.66. The van der Waals surface area contributed by atoms with Gasteiger partial charge >= 0.3 is 18.4 Å². The maximum atomic E-state index is 12.7. The van der Waals surface area contributed by atoms with Crippen molar-refractivity contribution in [2.45, 2.75) is 31.7 Å². The molecule has 0 spiro atoms. The topological polar surface area (TPSA) is 38.3 Å². The van der Waals surface area contributed by atoms with Gasteiger partial charge in [0.2, 0.25) is 0 Å². The lowest BCUT2D eigenvalue weighted by atomic mass is 10.00. The van der Waals surface area contributed by atoms with Crippen LogP contribution in [0.15, 0.2) is 18.2 Å². The third-order valence-electron chi connectivity index (χ3n) is 2.74. The van der Waals surface area contributed by atoms with Crippen molar-refractivity contribution in [3.05, 3.63) is 34.9 Å². The number of alkyl halides is 6. The molecule has 0 saturated carbocycles. The number of methoxy groups -OCH3 is 1. The Balaban J connectivity index is 3.11. The van der Waals surface area contributed by atoms with Gasteiger partial charge in [-0.1, -0.05) is 0 Å². The minimum atomic E-state index is -4.89. The third-order valence-corrected chi connectivity index (χ3v) is 2.74. The van der Waals surface area contributed by atoms with Crippen LogP contribution in [0.1, 0.15) is 23.6 Å². The minimum absolute atomic E-state index is 0.0574. The fourth-order valence-corrected chi connectivity index (χ4v) is 1.80. The number of halogens is 6. The lowest BCUT2D eigenvalue weighted by molar-refractivity contribution is -0.143. The van der Waals surface area contributed by atoms with E-state index >= 15 is 0 Å². The SMILES string of the molecule is COC(=O)NC(C)Cc1cc(C(F)(F)F)cc(C(F)(F)F)c1. The fourth-order valence-electron chi connectivity index (χ4n) is 1.80. The molecule has 1 atom stereocenters. The summed E-state index contributed by atoms with van der Waals surface area (Å²) in [5.74, 6) is 0. The van der Waals surface area contributed by atoms with Crippen molar-refractivity contribution in [2.24, 2.45) is 0 Å². The largest absolute Gasteiger partial charge is 0.453 e. The van der Waals surface area contributed by atoms with Crippen molar-refractivity contribution in [3.63, 3.8) is 0 Å². The average molecular weight is 329 g/mol. The maximum Gasteiger partial charge on any atom is 0.416 e. The fraction of sp³-hybridized carbons (Fsp3) is 0.462. The second-order valence-corrected chi connectivity index (χ2v) is 4.66. The molecule has 0 aromatic heterocycles. The third kappa shape index (κ3) is 5.12. The van der Waals surface area contributed by atoms with E-state index in [9.17, 15) is 31.1 Å². The minimum Gasteiger partial charge on any atom is -0.453 e. The molecule has 0 aliphatic heterocycles. The molecule has 1 N–H and O–H groups in total. The summed E-state index contributed by atoms with van der Waals surface area (Å²) in [6, 6.07) is 0.620. The van der Waals surface area contributed by atoms with E-state index in [1.807, 2.05) is 0 Å². The van der Waals surface area contributed by atoms with Gasteiger partial charge in [-0.05, 0) is 37.1 Å². The van der Waals surface area contributed by atoms with Crippen LogP contribution in [0.5, 0.6) is 0 Å². The maximum absolute atomic E-state index is 12.7. The Morgan fingerprint density at radius 2 is 1.55 bits per heavy atom. The van der Waals surface area contributed by atoms with Gasteiger partial charge in [0.25, 0.3) is 0 Å². The Bertz CT molecular complexity index is 506. The van der Waals surface area contributed by atoms with E-state index in [4.69, 9.17) is 0 Å². The molecule has 124 valence electrons. The standard InChI is InChI=1S/C13H13F6NO2/c1-7(20-11(21)22-2)3-8-4-9(12(14,15)16)6-10(5-8)13(17,18)19/h4-7H,3H2,1-2H3,(H,20,21). The first-order valence-electron chi connectivity index (χ1n) is 6.06. The Labute approximate surface area is 122 Å². The normalized spacial score (nSPS) is 13.6. The molecular formula is C13H13F6NO2. The van der Waals surface area contributed by atoms with E-state index in [0.717, 1.165) is 7.11 Å². The molecular weight excluding hydrogens is 316 g/mol. The number of rotatable bonds is 3. The van der Waals surface area contributed by atoms with Crippen LogP contribution >= 0.6 is 0 Å². The zero-order valence-electron chi connectivity index (χ0n) is 11.6. The zero-order chi connectivity index (χ0) is 17.1. The zero-order valence-corrected chi connectivity index (χ0v) is 11.6. The van der Waals surface area contributed by atoms with Gasteiger partial charge in [-0.2, -0.15) is 26.3 Å². The highest BCUT2D eigenvalue weighted by atomic mass is 19.4. The number of carbonyl (C=O) groups is 1. The average Bonchev–Trinajstić information content (AvgIpc) is 2.35. The van der Waals surface area contributed by atoms with Crippen LogP contribution in [0.25, 0.3) is 0 Å². The van der Waals surface area contributed by atoms with Crippen LogP contribution < -0.4 is 5.32 Å². The molecule has 1 rings (SSSR count). The predicted molar refractivity (Wildman–Crippen MR) is 65.2 cm³/mol. The van der Waals surface area contributed by atoms with Crippen LogP contribution in [0, 0.1) is 0 Å². The Morgan fingerprint density at radius 3 is 1.91 bits per heavy atom. The monoisotopic (exact) mass is 329 g/mol. The molecule has 0 aliphatic carbocycles. The predicted octanol–water partition coefficient (Wildman–Crippen LogP) is 4.01. The summed E-state index contributed by atoms with van der Waals surface area (Å²) in [7, 11) is 1.09. The van der Waals surface area contributed by atoms with Crippen LogP contribution in [0.2, 0.25) is 0 Å². The summed E-state index contributed by atoms with van der Waals surface area (Å²) in [6.07, 6.45) is -10.8. The molecule has 0 saturated heterocycles. The number of hydrogen-bond acceptors (Lipinski definition) is 2. The highest BCUT2D eigenvalue weighted by molar-refractivity contribution is 5.67. The van der Waals surface area contributed by atoms with Crippen LogP contribution in [0.3, 0.4) is 0 Å². The van der Waals surface area contributed by atoms with Gasteiger partial charge in [0.15, 0.2) is 0 Å². The molecule has 0 fully saturated rings. The molecule has 1 aromatic rings. The first kappa shape index (κ1) is 18.1. The molecule has 22 heavy (non-hydrogen) atoms. The summed E-state index contributed by atoms with van der Waals surface area (Å²) >= 11 is 0. The number of benzene rings is 1. The molecule has 9 heteroatoms. The molecule has 0 aliphatic rings. The Hall–Kier alpha value is -1.93. The first-order chi connectivity index (χ1) is 9.93. The van der Waals surface area contributed by atoms with Crippen molar-refractivity contribution in [1.82, 2.24) is 5.32 Å².